The Kier molecular flexibility index (Phi) is 10.0. The summed E-state index contributed by atoms with van der Waals surface area (Å²) in [6.07, 6.45) is 0.635. The van der Waals surface area contributed by atoms with E-state index in [-0.39, 0.29) is 31.2 Å². The Balaban J connectivity index is 0.00000253. The number of benzene rings is 2. The highest BCUT2D eigenvalue weighted by molar-refractivity contribution is 9.10. The Labute approximate surface area is 236 Å². The van der Waals surface area contributed by atoms with Gasteiger partial charge < -0.3 is 23.0 Å². The van der Waals surface area contributed by atoms with Crippen molar-refractivity contribution in [2.24, 2.45) is 11.7 Å². The lowest BCUT2D eigenvalue weighted by Gasteiger charge is -2.35. The van der Waals surface area contributed by atoms with Crippen LogP contribution in [0.1, 0.15) is 55.2 Å². The van der Waals surface area contributed by atoms with Crippen molar-refractivity contribution in [3.05, 3.63) is 92.1 Å². The molecule has 0 saturated heterocycles. The van der Waals surface area contributed by atoms with E-state index in [1.807, 2.05) is 54.3 Å². The highest BCUT2D eigenvalue weighted by Gasteiger charge is 2.33. The van der Waals surface area contributed by atoms with Crippen LogP contribution >= 0.6 is 27.5 Å². The highest BCUT2D eigenvalue weighted by atomic mass is 79.9. The summed E-state index contributed by atoms with van der Waals surface area (Å²) in [5.41, 5.74) is 7.96. The third-order valence-electron chi connectivity index (χ3n) is 6.17. The van der Waals surface area contributed by atoms with Crippen LogP contribution in [0, 0.1) is 12.8 Å². The average molecular weight is 605 g/mol. The molecule has 0 radical (unpaired) electrons. The number of rotatable bonds is 9. The quantitative estimate of drug-likeness (QED) is 0.316. The molecule has 2 aromatic carbocycles. The van der Waals surface area contributed by atoms with Gasteiger partial charge in [0.25, 0.3) is 11.5 Å². The molecule has 2 N–H and O–H groups in total. The zero-order valence-corrected chi connectivity index (χ0v) is 24.2. The Morgan fingerprint density at radius 2 is 1.84 bits per heavy atom. The summed E-state index contributed by atoms with van der Waals surface area (Å²) >= 11 is 4.66. The molecular formula is C27H31BrClN5O2S. The monoisotopic (exact) mass is 603 g/mol. The molecular weight excluding hydrogens is 574 g/mol. The number of carbonyl (C=O) groups excluding carboxylic acids is 1. The van der Waals surface area contributed by atoms with E-state index in [0.29, 0.717) is 53.4 Å². The van der Waals surface area contributed by atoms with Crippen LogP contribution in [0.5, 0.6) is 0 Å². The van der Waals surface area contributed by atoms with Crippen LogP contribution in [-0.2, 0) is 6.54 Å². The molecule has 0 aliphatic heterocycles. The SMILES string of the molecule is Cc1nsc2nc(C(C(C)C)N(CCCN)C(=O)c3ccc(Br)cc3)n(Cc3ccccc3)c(=O)c12.[Cl-].[H+]. The van der Waals surface area contributed by atoms with E-state index in [9.17, 15) is 9.59 Å². The van der Waals surface area contributed by atoms with E-state index in [2.05, 4.69) is 34.2 Å². The van der Waals surface area contributed by atoms with Gasteiger partial charge in [0.05, 0.1) is 23.7 Å². The van der Waals surface area contributed by atoms with Gasteiger partial charge in [0.1, 0.15) is 5.82 Å². The molecule has 1 amide bonds. The number of hydrogen-bond acceptors (Lipinski definition) is 6. The topological polar surface area (TPSA) is 94.1 Å². The normalized spacial score (nSPS) is 11.9. The van der Waals surface area contributed by atoms with E-state index in [0.717, 1.165) is 10.0 Å². The smallest absolute Gasteiger partial charge is 1.00 e. The molecule has 0 saturated carbocycles. The van der Waals surface area contributed by atoms with E-state index < -0.39 is 6.04 Å². The van der Waals surface area contributed by atoms with Crippen LogP contribution < -0.4 is 23.7 Å². The Morgan fingerprint density at radius 3 is 2.46 bits per heavy atom. The van der Waals surface area contributed by atoms with E-state index >= 15 is 0 Å². The zero-order chi connectivity index (χ0) is 25.8. The first-order valence-electron chi connectivity index (χ1n) is 12.0. The second-order valence-corrected chi connectivity index (χ2v) is 10.8. The van der Waals surface area contributed by atoms with Crippen LogP contribution in [0.2, 0.25) is 0 Å². The molecule has 10 heteroatoms. The predicted octanol–water partition coefficient (Wildman–Crippen LogP) is 2.28. The number of halogens is 2. The second kappa shape index (κ2) is 12.8. The predicted molar refractivity (Wildman–Crippen MR) is 149 cm³/mol. The van der Waals surface area contributed by atoms with Gasteiger partial charge in [-0.25, -0.2) is 4.98 Å². The van der Waals surface area contributed by atoms with E-state index in [4.69, 9.17) is 10.7 Å². The van der Waals surface area contributed by atoms with Crippen molar-refractivity contribution in [3.63, 3.8) is 0 Å². The van der Waals surface area contributed by atoms with Crippen molar-refractivity contribution in [2.75, 3.05) is 13.1 Å². The maximum atomic E-state index is 13.8. The summed E-state index contributed by atoms with van der Waals surface area (Å²) < 4.78 is 7.02. The van der Waals surface area contributed by atoms with Gasteiger partial charge in [0, 0.05) is 16.6 Å². The molecule has 1 atom stereocenters. The fraction of sp³-hybridized carbons (Fsp3) is 0.333. The second-order valence-electron chi connectivity index (χ2n) is 9.13. The summed E-state index contributed by atoms with van der Waals surface area (Å²) in [5.74, 6) is 0.441. The number of fused-ring (bicyclic) bond motifs is 1. The van der Waals surface area contributed by atoms with Crippen molar-refractivity contribution < 1.29 is 18.6 Å². The van der Waals surface area contributed by atoms with Crippen molar-refractivity contribution >= 4 is 43.6 Å². The lowest BCUT2D eigenvalue weighted by Crippen LogP contribution is -3.00. The maximum absolute atomic E-state index is 13.8. The van der Waals surface area contributed by atoms with Crippen molar-refractivity contribution in [3.8, 4) is 0 Å². The molecule has 4 aromatic rings. The average Bonchev–Trinajstić information content (AvgIpc) is 3.24. The lowest BCUT2D eigenvalue weighted by molar-refractivity contribution is -0.0000182. The van der Waals surface area contributed by atoms with E-state index in [1.54, 1.807) is 16.7 Å². The van der Waals surface area contributed by atoms with Gasteiger partial charge >= 0.3 is 1.43 Å². The summed E-state index contributed by atoms with van der Waals surface area (Å²) in [7, 11) is 0. The van der Waals surface area contributed by atoms with Gasteiger partial charge in [0.15, 0.2) is 4.83 Å². The maximum Gasteiger partial charge on any atom is 1.00 e. The van der Waals surface area contributed by atoms with Crippen molar-refractivity contribution in [1.29, 1.82) is 0 Å². The number of nitrogens with zero attached hydrogens (tertiary/aromatic N) is 4. The number of aromatic nitrogens is 3. The number of hydrogen-bond donors (Lipinski definition) is 1. The number of amides is 1. The first-order chi connectivity index (χ1) is 17.3. The van der Waals surface area contributed by atoms with Crippen LogP contribution in [0.4, 0.5) is 0 Å². The molecule has 37 heavy (non-hydrogen) atoms. The van der Waals surface area contributed by atoms with Gasteiger partial charge in [-0.2, -0.15) is 4.37 Å². The summed E-state index contributed by atoms with van der Waals surface area (Å²) in [6, 6.07) is 16.7. The molecule has 196 valence electrons. The molecule has 4 rings (SSSR count). The standard InChI is InChI=1S/C27H30BrN5O2S.ClH/c1-17(2)23(32(15-7-14-29)26(34)20-10-12-21(28)13-11-20)24-30-25-22(18(3)31-36-25)27(35)33(24)16-19-8-5-4-6-9-19;/h4-6,8-13,17,23H,7,14-16,29H2,1-3H3;1H. The van der Waals surface area contributed by atoms with Crippen LogP contribution in [0.15, 0.2) is 63.9 Å². The highest BCUT2D eigenvalue weighted by Crippen LogP contribution is 2.31. The number of aryl methyl sites for hydroxylation is 1. The van der Waals surface area contributed by atoms with Gasteiger partial charge in [-0.05, 0) is 67.2 Å². The molecule has 0 spiro atoms. The molecule has 1 unspecified atom stereocenters. The Hall–Kier alpha value is -2.59. The van der Waals surface area contributed by atoms with Crippen LogP contribution in [-0.4, -0.2) is 37.8 Å². The third-order valence-corrected chi connectivity index (χ3v) is 7.53. The van der Waals surface area contributed by atoms with Crippen molar-refractivity contribution in [1.82, 2.24) is 18.8 Å². The molecule has 2 heterocycles. The first kappa shape index (κ1) is 29.0. The molecule has 0 aliphatic carbocycles. The summed E-state index contributed by atoms with van der Waals surface area (Å²) in [4.78, 5) is 35.1. The number of carbonyl (C=O) groups is 1. The minimum Gasteiger partial charge on any atom is -1.00 e. The molecule has 2 aromatic heterocycles. The fourth-order valence-electron chi connectivity index (χ4n) is 4.41. The third kappa shape index (κ3) is 6.29. The summed E-state index contributed by atoms with van der Waals surface area (Å²) in [5, 5.41) is 0.537. The fourth-order valence-corrected chi connectivity index (χ4v) is 5.45. The molecule has 0 aliphatic rings. The minimum atomic E-state index is -0.434. The lowest BCUT2D eigenvalue weighted by atomic mass is 9.99. The van der Waals surface area contributed by atoms with Crippen molar-refractivity contribution in [2.45, 2.75) is 39.8 Å². The van der Waals surface area contributed by atoms with E-state index in [1.165, 1.54) is 11.5 Å². The van der Waals surface area contributed by atoms with Crippen LogP contribution in [0.25, 0.3) is 10.2 Å². The molecule has 7 nitrogen and oxygen atoms in total. The molecule has 0 bridgehead atoms. The summed E-state index contributed by atoms with van der Waals surface area (Å²) in [6.45, 7) is 7.19. The number of nitrogens with two attached hydrogens (primary N) is 1. The van der Waals surface area contributed by atoms with Gasteiger partial charge in [-0.1, -0.05) is 60.1 Å². The van der Waals surface area contributed by atoms with Crippen LogP contribution in [0.3, 0.4) is 0 Å². The van der Waals surface area contributed by atoms with Gasteiger partial charge in [0.2, 0.25) is 0 Å². The largest absolute Gasteiger partial charge is 1.00 e. The first-order valence-corrected chi connectivity index (χ1v) is 13.6. The molecule has 0 fully saturated rings. The Bertz CT molecular complexity index is 1410. The Morgan fingerprint density at radius 1 is 1.16 bits per heavy atom. The zero-order valence-electron chi connectivity index (χ0n) is 22.0. The minimum absolute atomic E-state index is 0. The van der Waals surface area contributed by atoms with Gasteiger partial charge in [-0.3, -0.25) is 14.2 Å². The van der Waals surface area contributed by atoms with Gasteiger partial charge in [-0.15, -0.1) is 0 Å².